The Hall–Kier alpha value is -3.53. The van der Waals surface area contributed by atoms with Crippen molar-refractivity contribution in [2.75, 3.05) is 5.32 Å². The summed E-state index contributed by atoms with van der Waals surface area (Å²) in [5.74, 6) is 2.67. The number of carbonyl (C=O) groups is 1. The molecule has 0 unspecified atom stereocenters. The first kappa shape index (κ1) is 20.8. The second kappa shape index (κ2) is 8.01. The standard InChI is InChI=1S/C31H29N3O/c35-30(27-16-29(23-9-11-32-12-10-23)34-28-4-2-1-3-26(27)28)33-25-7-5-24(6-8-25)31-17-20-13-21(18-31)15-22(14-20)19-31/h1-12,16,20-22H,13-15,17-19H2,(H,33,35). The second-order valence-electron chi connectivity index (χ2n) is 11.0. The first-order valence-electron chi connectivity index (χ1n) is 12.9. The fourth-order valence-corrected chi connectivity index (χ4v) is 7.60. The van der Waals surface area contributed by atoms with Crippen molar-refractivity contribution in [3.8, 4) is 11.3 Å². The Kier molecular flexibility index (Phi) is 4.76. The largest absolute Gasteiger partial charge is 0.322 e. The molecule has 4 heteroatoms. The molecule has 2 aromatic heterocycles. The van der Waals surface area contributed by atoms with E-state index in [9.17, 15) is 4.79 Å². The number of aromatic nitrogens is 2. The summed E-state index contributed by atoms with van der Waals surface area (Å²) in [5.41, 5.74) is 5.85. The van der Waals surface area contributed by atoms with Crippen LogP contribution in [0.5, 0.6) is 0 Å². The molecule has 0 spiro atoms. The van der Waals surface area contributed by atoms with E-state index in [0.29, 0.717) is 11.0 Å². The third kappa shape index (κ3) is 3.63. The van der Waals surface area contributed by atoms with Crippen LogP contribution in [0.2, 0.25) is 0 Å². The predicted octanol–water partition coefficient (Wildman–Crippen LogP) is 7.02. The molecule has 0 radical (unpaired) electrons. The first-order chi connectivity index (χ1) is 17.1. The maximum atomic E-state index is 13.5. The van der Waals surface area contributed by atoms with E-state index in [1.165, 1.54) is 44.1 Å². The number of rotatable bonds is 4. The van der Waals surface area contributed by atoms with Gasteiger partial charge in [0.25, 0.3) is 5.91 Å². The molecule has 2 heterocycles. The monoisotopic (exact) mass is 459 g/mol. The normalized spacial score (nSPS) is 26.7. The van der Waals surface area contributed by atoms with Crippen LogP contribution in [0.25, 0.3) is 22.2 Å². The highest BCUT2D eigenvalue weighted by Crippen LogP contribution is 2.60. The third-order valence-electron chi connectivity index (χ3n) is 8.73. The van der Waals surface area contributed by atoms with E-state index in [-0.39, 0.29) is 5.91 Å². The van der Waals surface area contributed by atoms with Crippen molar-refractivity contribution >= 4 is 22.5 Å². The van der Waals surface area contributed by atoms with Crippen molar-refractivity contribution in [3.63, 3.8) is 0 Å². The summed E-state index contributed by atoms with van der Waals surface area (Å²) >= 11 is 0. The summed E-state index contributed by atoms with van der Waals surface area (Å²) in [6.45, 7) is 0. The van der Waals surface area contributed by atoms with Gasteiger partial charge in [0.05, 0.1) is 16.8 Å². The van der Waals surface area contributed by atoms with Gasteiger partial charge in [-0.15, -0.1) is 0 Å². The highest BCUT2D eigenvalue weighted by molar-refractivity contribution is 6.13. The second-order valence-corrected chi connectivity index (χ2v) is 11.0. The third-order valence-corrected chi connectivity index (χ3v) is 8.73. The van der Waals surface area contributed by atoms with Gasteiger partial charge >= 0.3 is 0 Å². The number of pyridine rings is 2. The molecule has 4 aliphatic rings. The van der Waals surface area contributed by atoms with E-state index in [2.05, 4.69) is 34.6 Å². The molecule has 4 saturated carbocycles. The number of fused-ring (bicyclic) bond motifs is 1. The van der Waals surface area contributed by atoms with Crippen molar-refractivity contribution < 1.29 is 4.79 Å². The Balaban J connectivity index is 1.18. The molecular formula is C31H29N3O. The van der Waals surface area contributed by atoms with Crippen LogP contribution in [0.15, 0.2) is 79.1 Å². The van der Waals surface area contributed by atoms with Gasteiger partial charge in [0, 0.05) is 29.0 Å². The Morgan fingerprint density at radius 1 is 0.829 bits per heavy atom. The van der Waals surface area contributed by atoms with Crippen LogP contribution in [0.1, 0.15) is 54.4 Å². The highest BCUT2D eigenvalue weighted by Gasteiger charge is 2.51. The van der Waals surface area contributed by atoms with Gasteiger partial charge in [-0.05, 0) is 104 Å². The summed E-state index contributed by atoms with van der Waals surface area (Å²) in [5, 5.41) is 4.01. The average molecular weight is 460 g/mol. The summed E-state index contributed by atoms with van der Waals surface area (Å²) in [6, 6.07) is 22.3. The molecule has 8 rings (SSSR count). The lowest BCUT2D eigenvalue weighted by Gasteiger charge is -2.57. The number of hydrogen-bond donors (Lipinski definition) is 1. The molecule has 0 aliphatic heterocycles. The topological polar surface area (TPSA) is 54.9 Å². The van der Waals surface area contributed by atoms with Crippen LogP contribution >= 0.6 is 0 Å². The van der Waals surface area contributed by atoms with Crippen LogP contribution in [0.4, 0.5) is 5.69 Å². The van der Waals surface area contributed by atoms with Crippen LogP contribution in [-0.2, 0) is 5.41 Å². The van der Waals surface area contributed by atoms with Gasteiger partial charge < -0.3 is 5.32 Å². The molecule has 4 aromatic rings. The molecule has 0 saturated heterocycles. The molecule has 1 N–H and O–H groups in total. The number of nitrogens with zero attached hydrogens (tertiary/aromatic N) is 2. The minimum Gasteiger partial charge on any atom is -0.322 e. The van der Waals surface area contributed by atoms with E-state index >= 15 is 0 Å². The fraction of sp³-hybridized carbons (Fsp3) is 0.323. The van der Waals surface area contributed by atoms with E-state index in [4.69, 9.17) is 4.98 Å². The van der Waals surface area contributed by atoms with E-state index in [1.807, 2.05) is 42.5 Å². The molecule has 4 nitrogen and oxygen atoms in total. The highest BCUT2D eigenvalue weighted by atomic mass is 16.1. The molecule has 4 fully saturated rings. The van der Waals surface area contributed by atoms with Crippen LogP contribution in [0.3, 0.4) is 0 Å². The summed E-state index contributed by atoms with van der Waals surface area (Å²) < 4.78 is 0. The predicted molar refractivity (Wildman–Crippen MR) is 139 cm³/mol. The van der Waals surface area contributed by atoms with Gasteiger partial charge in [-0.25, -0.2) is 4.98 Å². The Bertz CT molecular complexity index is 1380. The molecule has 35 heavy (non-hydrogen) atoms. The molecule has 1 amide bonds. The van der Waals surface area contributed by atoms with Crippen molar-refractivity contribution in [2.24, 2.45) is 17.8 Å². The number of anilines is 1. The van der Waals surface area contributed by atoms with Gasteiger partial charge in [0.1, 0.15) is 0 Å². The lowest BCUT2D eigenvalue weighted by atomic mass is 9.48. The lowest BCUT2D eigenvalue weighted by molar-refractivity contribution is -0.00518. The van der Waals surface area contributed by atoms with Crippen molar-refractivity contribution in [1.82, 2.24) is 9.97 Å². The molecule has 0 atom stereocenters. The number of benzene rings is 2. The Morgan fingerprint density at radius 3 is 2.17 bits per heavy atom. The van der Waals surface area contributed by atoms with Crippen molar-refractivity contribution in [3.05, 3.63) is 90.3 Å². The van der Waals surface area contributed by atoms with Gasteiger partial charge in [-0.3, -0.25) is 9.78 Å². The van der Waals surface area contributed by atoms with Gasteiger partial charge in [-0.1, -0.05) is 30.3 Å². The summed E-state index contributed by atoms with van der Waals surface area (Å²) in [4.78, 5) is 22.4. The van der Waals surface area contributed by atoms with E-state index < -0.39 is 0 Å². The number of para-hydroxylation sites is 1. The Morgan fingerprint density at radius 2 is 1.49 bits per heavy atom. The first-order valence-corrected chi connectivity index (χ1v) is 12.9. The zero-order valence-electron chi connectivity index (χ0n) is 19.8. The minimum atomic E-state index is -0.110. The molecule has 4 bridgehead atoms. The smallest absolute Gasteiger partial charge is 0.256 e. The van der Waals surface area contributed by atoms with Crippen LogP contribution in [-0.4, -0.2) is 15.9 Å². The fourth-order valence-electron chi connectivity index (χ4n) is 7.60. The zero-order valence-corrected chi connectivity index (χ0v) is 19.8. The SMILES string of the molecule is O=C(Nc1ccc(C23CC4CC(CC(C4)C2)C3)cc1)c1cc(-c2ccncc2)nc2ccccc12. The van der Waals surface area contributed by atoms with Gasteiger partial charge in [0.2, 0.25) is 0 Å². The number of hydrogen-bond acceptors (Lipinski definition) is 3. The number of nitrogens with one attached hydrogen (secondary N) is 1. The van der Waals surface area contributed by atoms with Crippen LogP contribution < -0.4 is 5.32 Å². The molecule has 4 aliphatic carbocycles. The number of amides is 1. The maximum Gasteiger partial charge on any atom is 0.256 e. The molecular weight excluding hydrogens is 430 g/mol. The summed E-state index contributed by atoms with van der Waals surface area (Å²) in [6.07, 6.45) is 11.9. The minimum absolute atomic E-state index is 0.110. The van der Waals surface area contributed by atoms with Gasteiger partial charge in [-0.2, -0.15) is 0 Å². The quantitative estimate of drug-likeness (QED) is 0.357. The zero-order chi connectivity index (χ0) is 23.4. The lowest BCUT2D eigenvalue weighted by Crippen LogP contribution is -2.48. The Labute approximate surface area is 205 Å². The summed E-state index contributed by atoms with van der Waals surface area (Å²) in [7, 11) is 0. The van der Waals surface area contributed by atoms with E-state index in [1.54, 1.807) is 12.4 Å². The van der Waals surface area contributed by atoms with E-state index in [0.717, 1.165) is 45.6 Å². The molecule has 2 aromatic carbocycles. The molecule has 174 valence electrons. The van der Waals surface area contributed by atoms with Crippen molar-refractivity contribution in [2.45, 2.75) is 43.9 Å². The average Bonchev–Trinajstić information content (AvgIpc) is 2.88. The van der Waals surface area contributed by atoms with Crippen molar-refractivity contribution in [1.29, 1.82) is 0 Å². The van der Waals surface area contributed by atoms with Crippen LogP contribution in [0, 0.1) is 17.8 Å². The van der Waals surface area contributed by atoms with Gasteiger partial charge in [0.15, 0.2) is 0 Å². The maximum absolute atomic E-state index is 13.5. The number of carbonyl (C=O) groups excluding carboxylic acids is 1.